The van der Waals surface area contributed by atoms with Gasteiger partial charge in [0.2, 0.25) is 0 Å². The monoisotopic (exact) mass is 526 g/mol. The third-order valence-electron chi connectivity index (χ3n) is 5.33. The van der Waals surface area contributed by atoms with Crippen LogP contribution in [0.15, 0.2) is 84.0 Å². The Hall–Kier alpha value is -4.87. The average Bonchev–Trinajstić information content (AvgIpc) is 3.40. The molecule has 38 heavy (non-hydrogen) atoms. The van der Waals surface area contributed by atoms with Crippen LogP contribution in [0.4, 0.5) is 24.5 Å². The zero-order valence-electron chi connectivity index (χ0n) is 20.2. The number of hydrogen-bond acceptors (Lipinski definition) is 6. The first-order valence-electron chi connectivity index (χ1n) is 11.3. The summed E-state index contributed by atoms with van der Waals surface area (Å²) in [6, 6.07) is 25.9. The van der Waals surface area contributed by atoms with E-state index in [1.807, 2.05) is 54.6 Å². The van der Waals surface area contributed by atoms with Gasteiger partial charge in [0.25, 0.3) is 0 Å². The number of aromatic amines is 1. The lowest BCUT2D eigenvalue weighted by Gasteiger charge is -2.24. The van der Waals surface area contributed by atoms with E-state index in [1.54, 1.807) is 0 Å². The molecule has 1 heterocycles. The van der Waals surface area contributed by atoms with Crippen molar-refractivity contribution in [3.8, 4) is 11.4 Å². The molecule has 9 nitrogen and oxygen atoms in total. The smallest absolute Gasteiger partial charge is 0.475 e. The lowest BCUT2D eigenvalue weighted by atomic mass is 10.1. The second-order valence-corrected chi connectivity index (χ2v) is 7.92. The van der Waals surface area contributed by atoms with E-state index in [0.717, 1.165) is 29.2 Å². The fourth-order valence-electron chi connectivity index (χ4n) is 3.38. The van der Waals surface area contributed by atoms with E-state index in [1.165, 1.54) is 5.56 Å². The van der Waals surface area contributed by atoms with Crippen molar-refractivity contribution < 1.29 is 28.3 Å². The van der Waals surface area contributed by atoms with Crippen molar-refractivity contribution in [1.82, 2.24) is 15.2 Å². The number of nitrogens with one attached hydrogen (secondary N) is 1. The number of rotatable bonds is 7. The first-order valence-corrected chi connectivity index (χ1v) is 11.3. The highest BCUT2D eigenvalue weighted by atomic mass is 19.4. The van der Waals surface area contributed by atoms with E-state index < -0.39 is 12.1 Å². The Bertz CT molecular complexity index is 1370. The Kier molecular flexibility index (Phi) is 9.04. The van der Waals surface area contributed by atoms with E-state index >= 15 is 0 Å². The van der Waals surface area contributed by atoms with Crippen molar-refractivity contribution in [2.24, 2.45) is 10.9 Å². The largest absolute Gasteiger partial charge is 0.490 e. The maximum Gasteiger partial charge on any atom is 0.490 e. The molecule has 0 unspecified atom stereocenters. The number of nitrogens with zero attached hydrogens (tertiary/aromatic N) is 4. The van der Waals surface area contributed by atoms with Crippen LogP contribution in [0.2, 0.25) is 0 Å². The summed E-state index contributed by atoms with van der Waals surface area (Å²) in [5, 5.41) is 26.6. The average molecular weight is 527 g/mol. The van der Waals surface area contributed by atoms with Crippen LogP contribution in [0, 0.1) is 0 Å². The van der Waals surface area contributed by atoms with Crippen molar-refractivity contribution in [2.45, 2.75) is 26.1 Å². The number of aryl methyl sites for hydroxylation is 1. The first kappa shape index (κ1) is 27.7. The van der Waals surface area contributed by atoms with Crippen molar-refractivity contribution in [3.63, 3.8) is 0 Å². The molecule has 1 aromatic heterocycles. The number of benzene rings is 3. The maximum absolute atomic E-state index is 10.6. The van der Waals surface area contributed by atoms with Crippen LogP contribution in [0.5, 0.6) is 0 Å². The Balaban J connectivity index is 0.000000505. The first-order chi connectivity index (χ1) is 18.1. The van der Waals surface area contributed by atoms with Gasteiger partial charge in [-0.3, -0.25) is 5.10 Å². The van der Waals surface area contributed by atoms with Gasteiger partial charge < -0.3 is 20.9 Å². The Morgan fingerprint density at radius 1 is 1.03 bits per heavy atom. The molecule has 4 aromatic rings. The highest BCUT2D eigenvalue weighted by Crippen LogP contribution is 2.28. The number of hydrogen-bond donors (Lipinski definition) is 4. The Labute approximate surface area is 216 Å². The fourth-order valence-corrected chi connectivity index (χ4v) is 3.38. The molecule has 0 amide bonds. The summed E-state index contributed by atoms with van der Waals surface area (Å²) in [6.07, 6.45) is -4.13. The molecular weight excluding hydrogens is 501 g/mol. The molecule has 0 saturated carbocycles. The van der Waals surface area contributed by atoms with Crippen LogP contribution in [0.25, 0.3) is 11.4 Å². The minimum Gasteiger partial charge on any atom is -0.475 e. The number of alkyl halides is 3. The van der Waals surface area contributed by atoms with Gasteiger partial charge in [-0.25, -0.2) is 9.78 Å². The third kappa shape index (κ3) is 7.32. The number of halogens is 3. The van der Waals surface area contributed by atoms with E-state index in [4.69, 9.17) is 25.8 Å². The van der Waals surface area contributed by atoms with Crippen LogP contribution in [-0.4, -0.2) is 43.5 Å². The normalized spacial score (nSPS) is 11.4. The molecule has 12 heteroatoms. The standard InChI is InChI=1S/C24H24N6O.C2HF3O2/c1-2-17-7-6-10-21(15-17)30(20-13-11-18(12-14-20)23(25)29-31)16-22-26-24(28-27-22)19-8-4-3-5-9-19;3-2(4,5)1(6)7/h3-15,31H,2,16H2,1H3,(H2,25,29)(H,26,27,28);(H,6,7). The van der Waals surface area contributed by atoms with Gasteiger partial charge >= 0.3 is 12.1 Å². The minimum atomic E-state index is -5.08. The molecular formula is C26H25F3N6O3. The predicted molar refractivity (Wildman–Crippen MR) is 136 cm³/mol. The van der Waals surface area contributed by atoms with Crippen LogP contribution >= 0.6 is 0 Å². The summed E-state index contributed by atoms with van der Waals surface area (Å²) in [6.45, 7) is 2.65. The number of anilines is 2. The number of H-pyrrole nitrogens is 1. The van der Waals surface area contributed by atoms with Crippen molar-refractivity contribution in [2.75, 3.05) is 4.90 Å². The van der Waals surface area contributed by atoms with E-state index in [9.17, 15) is 13.2 Å². The number of carboxylic acid groups (broad SMARTS) is 1. The highest BCUT2D eigenvalue weighted by Gasteiger charge is 2.38. The van der Waals surface area contributed by atoms with Crippen LogP contribution in [-0.2, 0) is 17.8 Å². The minimum absolute atomic E-state index is 0.0776. The predicted octanol–water partition coefficient (Wildman–Crippen LogP) is 5.10. The lowest BCUT2D eigenvalue weighted by Crippen LogP contribution is -2.21. The summed E-state index contributed by atoms with van der Waals surface area (Å²) in [5.41, 5.74) is 10.6. The van der Waals surface area contributed by atoms with E-state index in [2.05, 4.69) is 51.4 Å². The molecule has 0 aliphatic heterocycles. The molecule has 5 N–H and O–H groups in total. The number of oxime groups is 1. The van der Waals surface area contributed by atoms with Gasteiger partial charge in [0, 0.05) is 22.5 Å². The number of carboxylic acids is 1. The summed E-state index contributed by atoms with van der Waals surface area (Å²) in [7, 11) is 0. The fraction of sp³-hybridized carbons (Fsp3) is 0.154. The van der Waals surface area contributed by atoms with Crippen LogP contribution < -0.4 is 10.6 Å². The molecule has 4 rings (SSSR count). The van der Waals surface area contributed by atoms with Crippen LogP contribution in [0.1, 0.15) is 23.9 Å². The van der Waals surface area contributed by atoms with E-state index in [-0.39, 0.29) is 5.84 Å². The summed E-state index contributed by atoms with van der Waals surface area (Å²) in [5.74, 6) is -1.26. The quantitative estimate of drug-likeness (QED) is 0.114. The highest BCUT2D eigenvalue weighted by molar-refractivity contribution is 5.97. The van der Waals surface area contributed by atoms with Gasteiger partial charge in [-0.2, -0.15) is 18.3 Å². The van der Waals surface area contributed by atoms with Crippen molar-refractivity contribution in [3.05, 3.63) is 95.8 Å². The lowest BCUT2D eigenvalue weighted by molar-refractivity contribution is -0.192. The van der Waals surface area contributed by atoms with Gasteiger partial charge in [0.1, 0.15) is 5.82 Å². The Morgan fingerprint density at radius 2 is 1.68 bits per heavy atom. The van der Waals surface area contributed by atoms with Gasteiger partial charge in [0.05, 0.1) is 6.54 Å². The molecule has 198 valence electrons. The summed E-state index contributed by atoms with van der Waals surface area (Å²) < 4.78 is 31.7. The van der Waals surface area contributed by atoms with Gasteiger partial charge in [0.15, 0.2) is 11.7 Å². The maximum atomic E-state index is 10.6. The third-order valence-corrected chi connectivity index (χ3v) is 5.33. The zero-order valence-corrected chi connectivity index (χ0v) is 20.2. The Morgan fingerprint density at radius 3 is 2.26 bits per heavy atom. The van der Waals surface area contributed by atoms with Gasteiger partial charge in [-0.1, -0.05) is 54.5 Å². The molecule has 0 fully saturated rings. The van der Waals surface area contributed by atoms with Crippen molar-refractivity contribution >= 4 is 23.2 Å². The van der Waals surface area contributed by atoms with E-state index in [0.29, 0.717) is 17.9 Å². The number of aliphatic carboxylic acids is 1. The number of amidine groups is 1. The molecule has 0 aliphatic carbocycles. The van der Waals surface area contributed by atoms with Crippen LogP contribution in [0.3, 0.4) is 0 Å². The molecule has 0 saturated heterocycles. The van der Waals surface area contributed by atoms with Crippen molar-refractivity contribution in [1.29, 1.82) is 0 Å². The molecule has 0 radical (unpaired) electrons. The molecule has 0 atom stereocenters. The molecule has 0 spiro atoms. The number of nitrogens with two attached hydrogens (primary N) is 1. The van der Waals surface area contributed by atoms with Gasteiger partial charge in [-0.05, 0) is 48.4 Å². The molecule has 3 aromatic carbocycles. The second kappa shape index (κ2) is 12.4. The SMILES string of the molecule is CCc1cccc(N(Cc2nc(-c3ccccc3)n[nH]2)c2ccc(C(N)=NO)cc2)c1.O=C(O)C(F)(F)F. The molecule has 0 aliphatic rings. The summed E-state index contributed by atoms with van der Waals surface area (Å²) in [4.78, 5) is 15.7. The summed E-state index contributed by atoms with van der Waals surface area (Å²) >= 11 is 0. The topological polar surface area (TPSA) is 141 Å². The van der Waals surface area contributed by atoms with Gasteiger partial charge in [-0.15, -0.1) is 0 Å². The zero-order chi connectivity index (χ0) is 27.7. The molecule has 0 bridgehead atoms. The number of aromatic nitrogens is 3. The number of carbonyl (C=O) groups is 1. The second-order valence-electron chi connectivity index (χ2n) is 7.92.